The lowest BCUT2D eigenvalue weighted by Crippen LogP contribution is -2.28. The van der Waals surface area contributed by atoms with Crippen molar-refractivity contribution in [2.75, 3.05) is 11.9 Å². The van der Waals surface area contributed by atoms with E-state index in [-0.39, 0.29) is 5.91 Å². The van der Waals surface area contributed by atoms with Gasteiger partial charge in [-0.05, 0) is 43.3 Å². The van der Waals surface area contributed by atoms with E-state index >= 15 is 0 Å². The van der Waals surface area contributed by atoms with Gasteiger partial charge in [0.15, 0.2) is 0 Å². The summed E-state index contributed by atoms with van der Waals surface area (Å²) in [7, 11) is 3.48. The van der Waals surface area contributed by atoms with Crippen LogP contribution in [-0.2, 0) is 7.05 Å². The molecule has 0 fully saturated rings. The molecule has 4 aromatic rings. The predicted octanol–water partition coefficient (Wildman–Crippen LogP) is 3.42. The van der Waals surface area contributed by atoms with Gasteiger partial charge in [-0.3, -0.25) is 9.48 Å². The average molecular weight is 370 g/mol. The van der Waals surface area contributed by atoms with Crippen LogP contribution in [0, 0.1) is 18.3 Å². The van der Waals surface area contributed by atoms with E-state index < -0.39 is 0 Å². The zero-order chi connectivity index (χ0) is 19.8. The lowest BCUT2D eigenvalue weighted by Gasteiger charge is -2.17. The fraction of sp³-hybridized carbons (Fsp3) is 0.143. The maximum absolute atomic E-state index is 13.0. The number of nitriles is 1. The highest BCUT2D eigenvalue weighted by atomic mass is 16.2. The van der Waals surface area contributed by atoms with Gasteiger partial charge in [-0.25, -0.2) is 4.98 Å². The first-order chi connectivity index (χ1) is 13.5. The molecule has 28 heavy (non-hydrogen) atoms. The Bertz CT molecular complexity index is 1230. The smallest absolute Gasteiger partial charge is 0.276 e. The normalized spacial score (nSPS) is 10.8. The molecule has 7 heteroatoms. The van der Waals surface area contributed by atoms with Crippen LogP contribution in [0.4, 0.5) is 5.69 Å². The van der Waals surface area contributed by atoms with Gasteiger partial charge in [0.05, 0.1) is 28.4 Å². The van der Waals surface area contributed by atoms with Crippen molar-refractivity contribution >= 4 is 22.6 Å². The second-order valence-corrected chi connectivity index (χ2v) is 6.62. The number of anilines is 1. The molecule has 138 valence electrons. The maximum atomic E-state index is 13.0. The molecular weight excluding hydrogens is 352 g/mol. The summed E-state index contributed by atoms with van der Waals surface area (Å²) in [6.45, 7) is 1.90. The van der Waals surface area contributed by atoms with Crippen molar-refractivity contribution in [3.05, 3.63) is 65.6 Å². The van der Waals surface area contributed by atoms with E-state index in [1.807, 2.05) is 37.3 Å². The number of benzene rings is 2. The molecule has 0 saturated carbocycles. The summed E-state index contributed by atoms with van der Waals surface area (Å²) in [5.41, 5.74) is 5.11. The van der Waals surface area contributed by atoms with Gasteiger partial charge in [-0.2, -0.15) is 10.4 Å². The predicted molar refractivity (Wildman–Crippen MR) is 107 cm³/mol. The Kier molecular flexibility index (Phi) is 4.17. The Morgan fingerprint density at radius 3 is 2.64 bits per heavy atom. The first kappa shape index (κ1) is 17.5. The van der Waals surface area contributed by atoms with Crippen LogP contribution in [0.25, 0.3) is 22.3 Å². The van der Waals surface area contributed by atoms with Crippen molar-refractivity contribution in [2.24, 2.45) is 7.05 Å². The van der Waals surface area contributed by atoms with Gasteiger partial charge >= 0.3 is 0 Å². The van der Waals surface area contributed by atoms with E-state index in [1.54, 1.807) is 41.9 Å². The molecule has 2 heterocycles. The maximum Gasteiger partial charge on any atom is 0.276 e. The third-order valence-electron chi connectivity index (χ3n) is 4.68. The molecule has 0 atom stereocenters. The highest BCUT2D eigenvalue weighted by Gasteiger charge is 2.20. The van der Waals surface area contributed by atoms with Crippen molar-refractivity contribution in [2.45, 2.75) is 6.92 Å². The number of fused-ring (bicyclic) bond motifs is 1. The van der Waals surface area contributed by atoms with Crippen LogP contribution in [0.15, 0.2) is 48.5 Å². The number of rotatable bonds is 3. The summed E-state index contributed by atoms with van der Waals surface area (Å²) in [6, 6.07) is 16.7. The molecule has 2 aromatic carbocycles. The Labute approximate surface area is 161 Å². The summed E-state index contributed by atoms with van der Waals surface area (Å²) in [4.78, 5) is 22.2. The van der Waals surface area contributed by atoms with Crippen LogP contribution >= 0.6 is 0 Å². The number of aromatic nitrogens is 4. The van der Waals surface area contributed by atoms with Crippen LogP contribution in [0.2, 0.25) is 0 Å². The Morgan fingerprint density at radius 1 is 1.18 bits per heavy atom. The van der Waals surface area contributed by atoms with E-state index in [0.29, 0.717) is 17.0 Å². The second-order valence-electron chi connectivity index (χ2n) is 6.62. The van der Waals surface area contributed by atoms with Gasteiger partial charge in [0, 0.05) is 25.3 Å². The van der Waals surface area contributed by atoms with Gasteiger partial charge in [0.1, 0.15) is 11.5 Å². The molecule has 2 aromatic heterocycles. The van der Waals surface area contributed by atoms with Crippen molar-refractivity contribution in [1.82, 2.24) is 19.7 Å². The van der Waals surface area contributed by atoms with Gasteiger partial charge in [0.2, 0.25) is 0 Å². The highest BCUT2D eigenvalue weighted by Crippen LogP contribution is 2.24. The number of nitrogens with one attached hydrogen (secondary N) is 1. The number of amides is 1. The lowest BCUT2D eigenvalue weighted by atomic mass is 10.1. The number of aromatic amines is 1. The molecule has 0 aliphatic rings. The molecule has 0 saturated heterocycles. The summed E-state index contributed by atoms with van der Waals surface area (Å²) in [6.07, 6.45) is 0. The van der Waals surface area contributed by atoms with Crippen molar-refractivity contribution in [3.8, 4) is 17.3 Å². The quantitative estimate of drug-likeness (QED) is 0.598. The van der Waals surface area contributed by atoms with E-state index in [4.69, 9.17) is 5.26 Å². The largest absolute Gasteiger partial charge is 0.342 e. The lowest BCUT2D eigenvalue weighted by molar-refractivity contribution is 0.0984. The fourth-order valence-electron chi connectivity index (χ4n) is 3.15. The van der Waals surface area contributed by atoms with Crippen LogP contribution in [0.3, 0.4) is 0 Å². The monoisotopic (exact) mass is 370 g/mol. The Hall–Kier alpha value is -3.92. The number of carbonyl (C=O) groups excluding carboxylic acids is 1. The third-order valence-corrected chi connectivity index (χ3v) is 4.68. The van der Waals surface area contributed by atoms with Crippen molar-refractivity contribution in [1.29, 1.82) is 5.26 Å². The van der Waals surface area contributed by atoms with E-state index in [2.05, 4.69) is 21.1 Å². The van der Waals surface area contributed by atoms with Crippen molar-refractivity contribution in [3.63, 3.8) is 0 Å². The first-order valence-electron chi connectivity index (χ1n) is 8.75. The number of hydrogen-bond acceptors (Lipinski definition) is 4. The summed E-state index contributed by atoms with van der Waals surface area (Å²) in [5, 5.41) is 13.4. The minimum atomic E-state index is -0.162. The van der Waals surface area contributed by atoms with E-state index in [0.717, 1.165) is 28.1 Å². The van der Waals surface area contributed by atoms with Gasteiger partial charge in [-0.1, -0.05) is 12.1 Å². The molecule has 7 nitrogen and oxygen atoms in total. The van der Waals surface area contributed by atoms with Gasteiger partial charge in [0.25, 0.3) is 5.91 Å². The molecule has 0 aliphatic heterocycles. The molecule has 0 spiro atoms. The third kappa shape index (κ3) is 3.01. The van der Waals surface area contributed by atoms with Gasteiger partial charge < -0.3 is 9.88 Å². The van der Waals surface area contributed by atoms with Crippen molar-refractivity contribution < 1.29 is 4.79 Å². The number of nitrogens with zero attached hydrogens (tertiary/aromatic N) is 5. The average Bonchev–Trinajstić information content (AvgIpc) is 3.27. The number of carbonyl (C=O) groups is 1. The zero-order valence-corrected chi connectivity index (χ0v) is 15.8. The van der Waals surface area contributed by atoms with Crippen LogP contribution in [0.5, 0.6) is 0 Å². The second kappa shape index (κ2) is 6.67. The van der Waals surface area contributed by atoms with E-state index in [1.165, 1.54) is 0 Å². The highest BCUT2D eigenvalue weighted by molar-refractivity contribution is 6.05. The van der Waals surface area contributed by atoms with Crippen LogP contribution < -0.4 is 4.90 Å². The zero-order valence-electron chi connectivity index (χ0n) is 15.8. The number of aryl methyl sites for hydroxylation is 2. The number of H-pyrrole nitrogens is 1. The SMILES string of the molecule is Cc1nc2ccc(N(C)C(=O)c3cc(-c4ccc(C#N)cc4)nn3C)cc2[nH]1. The molecule has 0 radical (unpaired) electrons. The molecule has 4 rings (SSSR count). The molecular formula is C21H18N6O. The molecule has 0 unspecified atom stereocenters. The summed E-state index contributed by atoms with van der Waals surface area (Å²) >= 11 is 0. The minimum absolute atomic E-state index is 0.162. The minimum Gasteiger partial charge on any atom is -0.342 e. The first-order valence-corrected chi connectivity index (χ1v) is 8.75. The Balaban J connectivity index is 1.64. The topological polar surface area (TPSA) is 90.6 Å². The molecule has 1 amide bonds. The summed E-state index contributed by atoms with van der Waals surface area (Å²) in [5.74, 6) is 0.672. The summed E-state index contributed by atoms with van der Waals surface area (Å²) < 4.78 is 1.57. The molecule has 1 N–H and O–H groups in total. The van der Waals surface area contributed by atoms with Crippen LogP contribution in [-0.4, -0.2) is 32.7 Å². The Morgan fingerprint density at radius 2 is 1.93 bits per heavy atom. The molecule has 0 bridgehead atoms. The van der Waals surface area contributed by atoms with Gasteiger partial charge in [-0.15, -0.1) is 0 Å². The molecule has 0 aliphatic carbocycles. The number of imidazole rings is 1. The number of hydrogen-bond donors (Lipinski definition) is 1. The standard InChI is InChI=1S/C21H18N6O/c1-13-23-17-9-8-16(10-19(17)24-13)26(2)21(28)20-11-18(25-27(20)3)15-6-4-14(12-22)5-7-15/h4-11H,1-3H3,(H,23,24). The van der Waals surface area contributed by atoms with E-state index in [9.17, 15) is 4.79 Å². The fourth-order valence-corrected chi connectivity index (χ4v) is 3.15. The van der Waals surface area contributed by atoms with Crippen LogP contribution in [0.1, 0.15) is 21.9 Å².